The highest BCUT2D eigenvalue weighted by molar-refractivity contribution is 6.31. The van der Waals surface area contributed by atoms with Crippen LogP contribution in [0.5, 0.6) is 5.75 Å². The van der Waals surface area contributed by atoms with Crippen LogP contribution in [0.4, 0.5) is 5.69 Å². The predicted octanol–water partition coefficient (Wildman–Crippen LogP) is 5.26. The van der Waals surface area contributed by atoms with Crippen LogP contribution >= 0.6 is 11.6 Å². The van der Waals surface area contributed by atoms with Gasteiger partial charge in [-0.15, -0.1) is 0 Å². The Balaban J connectivity index is 1.48. The molecule has 0 atom stereocenters. The second kappa shape index (κ2) is 9.11. The number of aryl methyl sites for hydroxylation is 1. The van der Waals surface area contributed by atoms with Gasteiger partial charge in [-0.3, -0.25) is 4.79 Å². The maximum Gasteiger partial charge on any atom is 0.339 e. The van der Waals surface area contributed by atoms with Crippen molar-refractivity contribution < 1.29 is 23.5 Å². The molecule has 1 heterocycles. The van der Waals surface area contributed by atoms with Crippen molar-refractivity contribution in [2.24, 2.45) is 0 Å². The van der Waals surface area contributed by atoms with Gasteiger partial charge in [0.2, 0.25) is 5.89 Å². The molecule has 1 amide bonds. The van der Waals surface area contributed by atoms with E-state index in [2.05, 4.69) is 10.3 Å². The monoisotopic (exact) mass is 450 g/mol. The van der Waals surface area contributed by atoms with Crippen LogP contribution < -0.4 is 10.1 Å². The quantitative estimate of drug-likeness (QED) is 0.403. The van der Waals surface area contributed by atoms with Crippen LogP contribution in [-0.2, 0) is 9.53 Å². The maximum absolute atomic E-state index is 12.7. The number of hydrogen-bond acceptors (Lipinski definition) is 6. The number of benzene rings is 3. The van der Waals surface area contributed by atoms with Crippen LogP contribution in [0.2, 0.25) is 5.02 Å². The highest BCUT2D eigenvalue weighted by Gasteiger charge is 2.19. The zero-order valence-corrected chi connectivity index (χ0v) is 18.1. The molecular formula is C24H19ClN2O5. The van der Waals surface area contributed by atoms with Crippen molar-refractivity contribution in [2.75, 3.05) is 19.0 Å². The Morgan fingerprint density at radius 2 is 1.84 bits per heavy atom. The minimum Gasteiger partial charge on any atom is -0.495 e. The molecule has 4 rings (SSSR count). The minimum absolute atomic E-state index is 0.242. The molecule has 0 bridgehead atoms. The zero-order valence-electron chi connectivity index (χ0n) is 17.3. The third-order valence-electron chi connectivity index (χ3n) is 4.76. The number of halogens is 1. The molecule has 1 aromatic heterocycles. The molecule has 0 saturated carbocycles. The fraction of sp³-hybridized carbons (Fsp3) is 0.125. The molecule has 0 saturated heterocycles. The number of anilines is 1. The van der Waals surface area contributed by atoms with E-state index in [0.717, 1.165) is 5.56 Å². The number of nitrogens with zero attached hydrogens (tertiary/aromatic N) is 1. The molecule has 0 fully saturated rings. The van der Waals surface area contributed by atoms with Crippen LogP contribution in [0.25, 0.3) is 22.6 Å². The van der Waals surface area contributed by atoms with E-state index in [1.54, 1.807) is 49.4 Å². The fourth-order valence-corrected chi connectivity index (χ4v) is 3.31. The molecule has 0 radical (unpaired) electrons. The minimum atomic E-state index is -0.669. The van der Waals surface area contributed by atoms with Crippen LogP contribution in [0, 0.1) is 6.92 Å². The summed E-state index contributed by atoms with van der Waals surface area (Å²) >= 11 is 6.09. The number of aromatic nitrogens is 1. The first-order valence-corrected chi connectivity index (χ1v) is 10.1. The fourth-order valence-electron chi connectivity index (χ4n) is 3.16. The topological polar surface area (TPSA) is 90.7 Å². The Hall–Kier alpha value is -3.84. The summed E-state index contributed by atoms with van der Waals surface area (Å²) in [5.74, 6) is -0.485. The van der Waals surface area contributed by atoms with Crippen molar-refractivity contribution in [3.8, 4) is 17.2 Å². The highest BCUT2D eigenvalue weighted by Crippen LogP contribution is 2.31. The van der Waals surface area contributed by atoms with Crippen LogP contribution in [0.15, 0.2) is 65.1 Å². The largest absolute Gasteiger partial charge is 0.495 e. The molecular weight excluding hydrogens is 432 g/mol. The number of carbonyl (C=O) groups is 2. The summed E-state index contributed by atoms with van der Waals surface area (Å²) in [5, 5.41) is 3.19. The van der Waals surface area contributed by atoms with E-state index < -0.39 is 18.5 Å². The Kier molecular flexibility index (Phi) is 6.09. The van der Waals surface area contributed by atoms with E-state index in [1.165, 1.54) is 7.11 Å². The number of ether oxygens (including phenoxy) is 2. The number of amides is 1. The Morgan fingerprint density at radius 1 is 1.09 bits per heavy atom. The molecule has 7 nitrogen and oxygen atoms in total. The first kappa shape index (κ1) is 21.4. The van der Waals surface area contributed by atoms with Crippen molar-refractivity contribution in [3.05, 3.63) is 76.8 Å². The molecule has 32 heavy (non-hydrogen) atoms. The second-order valence-corrected chi connectivity index (χ2v) is 7.37. The average Bonchev–Trinajstić information content (AvgIpc) is 3.24. The number of hydrogen-bond donors (Lipinski definition) is 1. The summed E-state index contributed by atoms with van der Waals surface area (Å²) in [6.07, 6.45) is 0. The van der Waals surface area contributed by atoms with Gasteiger partial charge in [-0.05, 0) is 42.8 Å². The van der Waals surface area contributed by atoms with Gasteiger partial charge in [0.1, 0.15) is 11.3 Å². The smallest absolute Gasteiger partial charge is 0.339 e. The summed E-state index contributed by atoms with van der Waals surface area (Å²) in [7, 11) is 1.47. The standard InChI is InChI=1S/C24H19ClN2O5/c1-14-11-19(21(30-2)12-17(14)25)26-22(28)13-31-24(29)16-8-4-3-7-15(16)23-27-18-9-5-6-10-20(18)32-23/h3-12H,13H2,1-2H3,(H,26,28). The van der Waals surface area contributed by atoms with Gasteiger partial charge in [0.15, 0.2) is 12.2 Å². The maximum atomic E-state index is 12.7. The highest BCUT2D eigenvalue weighted by atomic mass is 35.5. The number of para-hydroxylation sites is 2. The van der Waals surface area contributed by atoms with E-state index >= 15 is 0 Å². The van der Waals surface area contributed by atoms with E-state index in [4.69, 9.17) is 25.5 Å². The Labute approximate surface area is 188 Å². The number of rotatable bonds is 6. The lowest BCUT2D eigenvalue weighted by Gasteiger charge is -2.12. The van der Waals surface area contributed by atoms with Gasteiger partial charge in [0.05, 0.1) is 23.9 Å². The number of carbonyl (C=O) groups excluding carboxylic acids is 2. The molecule has 3 aromatic carbocycles. The van der Waals surface area contributed by atoms with Crippen LogP contribution in [-0.4, -0.2) is 30.6 Å². The first-order chi connectivity index (χ1) is 15.5. The lowest BCUT2D eigenvalue weighted by Crippen LogP contribution is -2.21. The van der Waals surface area contributed by atoms with Gasteiger partial charge in [-0.1, -0.05) is 35.9 Å². The number of fused-ring (bicyclic) bond motifs is 1. The molecule has 1 N–H and O–H groups in total. The van der Waals surface area contributed by atoms with E-state index in [9.17, 15) is 9.59 Å². The molecule has 0 aliphatic carbocycles. The predicted molar refractivity (Wildman–Crippen MR) is 121 cm³/mol. The van der Waals surface area contributed by atoms with Crippen molar-refractivity contribution >= 4 is 40.3 Å². The van der Waals surface area contributed by atoms with Gasteiger partial charge in [-0.2, -0.15) is 0 Å². The van der Waals surface area contributed by atoms with Gasteiger partial charge < -0.3 is 19.2 Å². The van der Waals surface area contributed by atoms with E-state index in [-0.39, 0.29) is 5.56 Å². The van der Waals surface area contributed by atoms with Gasteiger partial charge in [-0.25, -0.2) is 9.78 Å². The Bertz CT molecular complexity index is 1280. The Morgan fingerprint density at radius 3 is 2.62 bits per heavy atom. The molecule has 8 heteroatoms. The summed E-state index contributed by atoms with van der Waals surface area (Å²) in [6, 6.07) is 17.4. The van der Waals surface area contributed by atoms with Crippen molar-refractivity contribution in [1.29, 1.82) is 0 Å². The lowest BCUT2D eigenvalue weighted by molar-refractivity contribution is -0.119. The number of nitrogens with one attached hydrogen (secondary N) is 1. The molecule has 0 spiro atoms. The molecule has 0 unspecified atom stereocenters. The average molecular weight is 451 g/mol. The SMILES string of the molecule is COc1cc(Cl)c(C)cc1NC(=O)COC(=O)c1ccccc1-c1nc2ccccc2o1. The number of esters is 1. The zero-order chi connectivity index (χ0) is 22.7. The van der Waals surface area contributed by atoms with E-state index in [0.29, 0.717) is 39.0 Å². The summed E-state index contributed by atoms with van der Waals surface area (Å²) in [5.41, 5.74) is 3.21. The lowest BCUT2D eigenvalue weighted by atomic mass is 10.1. The molecule has 4 aromatic rings. The van der Waals surface area contributed by atoms with Crippen LogP contribution in [0.3, 0.4) is 0 Å². The second-order valence-electron chi connectivity index (χ2n) is 6.96. The normalized spacial score (nSPS) is 10.7. The van der Waals surface area contributed by atoms with Crippen molar-refractivity contribution in [2.45, 2.75) is 6.92 Å². The summed E-state index contributed by atoms with van der Waals surface area (Å²) in [6.45, 7) is 1.33. The summed E-state index contributed by atoms with van der Waals surface area (Å²) < 4.78 is 16.3. The summed E-state index contributed by atoms with van der Waals surface area (Å²) in [4.78, 5) is 29.5. The molecule has 0 aliphatic rings. The van der Waals surface area contributed by atoms with Crippen LogP contribution in [0.1, 0.15) is 15.9 Å². The molecule has 162 valence electrons. The van der Waals surface area contributed by atoms with Gasteiger partial charge in [0, 0.05) is 11.1 Å². The van der Waals surface area contributed by atoms with Crippen molar-refractivity contribution in [3.63, 3.8) is 0 Å². The number of methoxy groups -OCH3 is 1. The third-order valence-corrected chi connectivity index (χ3v) is 5.17. The first-order valence-electron chi connectivity index (χ1n) is 9.72. The van der Waals surface area contributed by atoms with Gasteiger partial charge in [0.25, 0.3) is 5.91 Å². The van der Waals surface area contributed by atoms with Gasteiger partial charge >= 0.3 is 5.97 Å². The third kappa shape index (κ3) is 4.43. The molecule has 0 aliphatic heterocycles. The van der Waals surface area contributed by atoms with E-state index in [1.807, 2.05) is 18.2 Å². The van der Waals surface area contributed by atoms with Crippen molar-refractivity contribution in [1.82, 2.24) is 4.98 Å². The number of oxazole rings is 1.